The fourth-order valence-electron chi connectivity index (χ4n) is 1.65. The number of thiophene rings is 1. The molecule has 1 aromatic heterocycles. The Morgan fingerprint density at radius 2 is 2.42 bits per heavy atom. The van der Waals surface area contributed by atoms with E-state index in [-0.39, 0.29) is 5.92 Å². The maximum Gasteiger partial charge on any atom is 0.141 e. The Labute approximate surface area is 80.4 Å². The smallest absolute Gasteiger partial charge is 0.141 e. The summed E-state index contributed by atoms with van der Waals surface area (Å²) in [4.78, 5) is 12.4. The van der Waals surface area contributed by atoms with Gasteiger partial charge in [0.05, 0.1) is 10.9 Å². The normalized spacial score (nSPS) is 23.4. The van der Waals surface area contributed by atoms with Gasteiger partial charge in [-0.15, -0.1) is 11.3 Å². The summed E-state index contributed by atoms with van der Waals surface area (Å²) in [6, 6.07) is 1.87. The van der Waals surface area contributed by atoms with Gasteiger partial charge in [0.1, 0.15) is 5.78 Å². The van der Waals surface area contributed by atoms with Gasteiger partial charge >= 0.3 is 0 Å². The molecule has 3 heteroatoms. The van der Waals surface area contributed by atoms with Crippen molar-refractivity contribution in [1.82, 2.24) is 0 Å². The van der Waals surface area contributed by atoms with E-state index in [0.29, 0.717) is 5.78 Å². The Kier molecular flexibility index (Phi) is 2.20. The summed E-state index contributed by atoms with van der Waals surface area (Å²) in [5.41, 5.74) is 0. The van der Waals surface area contributed by atoms with Crippen LogP contribution in [0.1, 0.15) is 30.1 Å². The van der Waals surface area contributed by atoms with E-state index in [1.165, 1.54) is 0 Å². The third-order valence-corrected chi connectivity index (χ3v) is 3.74. The fourth-order valence-corrected chi connectivity index (χ4v) is 2.99. The van der Waals surface area contributed by atoms with Crippen molar-refractivity contribution in [3.63, 3.8) is 0 Å². The highest BCUT2D eigenvalue weighted by atomic mass is 35.5. The van der Waals surface area contributed by atoms with Crippen molar-refractivity contribution < 1.29 is 4.79 Å². The summed E-state index contributed by atoms with van der Waals surface area (Å²) in [5.74, 6) is 0.469. The zero-order valence-corrected chi connectivity index (χ0v) is 8.12. The average Bonchev–Trinajstić information content (AvgIpc) is 2.59. The first-order valence-electron chi connectivity index (χ1n) is 4.04. The van der Waals surface area contributed by atoms with Crippen molar-refractivity contribution in [2.45, 2.75) is 25.2 Å². The topological polar surface area (TPSA) is 17.1 Å². The molecule has 1 aliphatic carbocycles. The molecule has 0 spiro atoms. The third-order valence-electron chi connectivity index (χ3n) is 2.27. The van der Waals surface area contributed by atoms with E-state index in [4.69, 9.17) is 11.6 Å². The molecule has 0 N–H and O–H groups in total. The maximum absolute atomic E-state index is 11.4. The zero-order valence-electron chi connectivity index (χ0n) is 6.55. The molecule has 1 nitrogen and oxygen atoms in total. The minimum atomic E-state index is 0.109. The van der Waals surface area contributed by atoms with Crippen LogP contribution in [0.5, 0.6) is 0 Å². The van der Waals surface area contributed by atoms with Gasteiger partial charge in [-0.1, -0.05) is 11.6 Å². The number of halogens is 1. The molecule has 1 unspecified atom stereocenters. The van der Waals surface area contributed by atoms with Crippen molar-refractivity contribution in [2.75, 3.05) is 0 Å². The van der Waals surface area contributed by atoms with E-state index in [0.717, 1.165) is 29.2 Å². The second-order valence-electron chi connectivity index (χ2n) is 3.04. The van der Waals surface area contributed by atoms with Gasteiger partial charge in [-0.3, -0.25) is 4.79 Å². The number of rotatable bonds is 1. The number of carbonyl (C=O) groups excluding carboxylic acids is 1. The SMILES string of the molecule is O=C1CCCC1c1sccc1Cl. The lowest BCUT2D eigenvalue weighted by atomic mass is 10.1. The quantitative estimate of drug-likeness (QED) is 0.680. The molecule has 1 fully saturated rings. The van der Waals surface area contributed by atoms with Crippen molar-refractivity contribution in [3.05, 3.63) is 21.3 Å². The highest BCUT2D eigenvalue weighted by Gasteiger charge is 2.28. The Bertz CT molecular complexity index is 305. The van der Waals surface area contributed by atoms with Gasteiger partial charge in [-0.25, -0.2) is 0 Å². The summed E-state index contributed by atoms with van der Waals surface area (Å²) in [6.45, 7) is 0. The molecule has 1 aliphatic rings. The monoisotopic (exact) mass is 200 g/mol. The van der Waals surface area contributed by atoms with Gasteiger partial charge in [-0.05, 0) is 24.3 Å². The lowest BCUT2D eigenvalue weighted by molar-refractivity contribution is -0.118. The number of hydrogen-bond acceptors (Lipinski definition) is 2. The van der Waals surface area contributed by atoms with E-state index in [1.807, 2.05) is 11.4 Å². The van der Waals surface area contributed by atoms with Crippen molar-refractivity contribution in [3.8, 4) is 0 Å². The van der Waals surface area contributed by atoms with Crippen LogP contribution in [-0.4, -0.2) is 5.78 Å². The molecule has 0 amide bonds. The lowest BCUT2D eigenvalue weighted by Crippen LogP contribution is -2.01. The molecule has 0 bridgehead atoms. The molecule has 2 rings (SSSR count). The summed E-state index contributed by atoms with van der Waals surface area (Å²) >= 11 is 7.54. The lowest BCUT2D eigenvalue weighted by Gasteiger charge is -2.04. The van der Waals surface area contributed by atoms with E-state index in [9.17, 15) is 4.79 Å². The summed E-state index contributed by atoms with van der Waals surface area (Å²) in [5, 5.41) is 2.71. The Morgan fingerprint density at radius 3 is 2.92 bits per heavy atom. The highest BCUT2D eigenvalue weighted by molar-refractivity contribution is 7.10. The van der Waals surface area contributed by atoms with Crippen LogP contribution >= 0.6 is 22.9 Å². The first-order chi connectivity index (χ1) is 5.79. The first-order valence-corrected chi connectivity index (χ1v) is 5.30. The van der Waals surface area contributed by atoms with Gasteiger partial charge < -0.3 is 0 Å². The second kappa shape index (κ2) is 3.19. The summed E-state index contributed by atoms with van der Waals surface area (Å²) < 4.78 is 0. The van der Waals surface area contributed by atoms with Crippen LogP contribution in [0.15, 0.2) is 11.4 Å². The van der Waals surface area contributed by atoms with Crippen LogP contribution < -0.4 is 0 Å². The van der Waals surface area contributed by atoms with Crippen LogP contribution in [0.4, 0.5) is 0 Å². The predicted molar refractivity (Wildman–Crippen MR) is 50.9 cm³/mol. The molecule has 1 atom stereocenters. The van der Waals surface area contributed by atoms with Crippen LogP contribution in [0.2, 0.25) is 5.02 Å². The van der Waals surface area contributed by atoms with Crippen LogP contribution in [-0.2, 0) is 4.79 Å². The number of Topliss-reactive ketones (excluding diaryl/α,β-unsaturated/α-hetero) is 1. The van der Waals surface area contributed by atoms with Crippen LogP contribution in [0, 0.1) is 0 Å². The van der Waals surface area contributed by atoms with Gasteiger partial charge in [-0.2, -0.15) is 0 Å². The molecular weight excluding hydrogens is 192 g/mol. The Balaban J connectivity index is 2.30. The first kappa shape index (κ1) is 8.27. The van der Waals surface area contributed by atoms with Crippen LogP contribution in [0.25, 0.3) is 0 Å². The van der Waals surface area contributed by atoms with Gasteiger partial charge in [0.15, 0.2) is 0 Å². The minimum Gasteiger partial charge on any atom is -0.299 e. The number of ketones is 1. The average molecular weight is 201 g/mol. The van der Waals surface area contributed by atoms with E-state index >= 15 is 0 Å². The summed E-state index contributed by atoms with van der Waals surface area (Å²) in [6.07, 6.45) is 2.75. The van der Waals surface area contributed by atoms with Gasteiger partial charge in [0.25, 0.3) is 0 Å². The molecule has 64 valence electrons. The van der Waals surface area contributed by atoms with Crippen molar-refractivity contribution in [2.24, 2.45) is 0 Å². The molecule has 12 heavy (non-hydrogen) atoms. The standard InChI is InChI=1S/C9H9ClOS/c10-7-4-5-12-9(7)6-2-1-3-8(6)11/h4-6H,1-3H2. The maximum atomic E-state index is 11.4. The minimum absolute atomic E-state index is 0.109. The molecule has 1 heterocycles. The molecule has 1 saturated carbocycles. The van der Waals surface area contributed by atoms with Gasteiger partial charge in [0, 0.05) is 11.3 Å². The Hall–Kier alpha value is -0.340. The van der Waals surface area contributed by atoms with Gasteiger partial charge in [0.2, 0.25) is 0 Å². The highest BCUT2D eigenvalue weighted by Crippen LogP contribution is 2.38. The van der Waals surface area contributed by atoms with E-state index in [2.05, 4.69) is 0 Å². The zero-order chi connectivity index (χ0) is 8.55. The Morgan fingerprint density at radius 1 is 1.58 bits per heavy atom. The largest absolute Gasteiger partial charge is 0.299 e. The third kappa shape index (κ3) is 1.29. The molecule has 1 aromatic rings. The van der Waals surface area contributed by atoms with Crippen LogP contribution in [0.3, 0.4) is 0 Å². The van der Waals surface area contributed by atoms with Crippen molar-refractivity contribution in [1.29, 1.82) is 0 Å². The summed E-state index contributed by atoms with van der Waals surface area (Å²) in [7, 11) is 0. The number of carbonyl (C=O) groups is 1. The van der Waals surface area contributed by atoms with E-state index < -0.39 is 0 Å². The predicted octanol–water partition coefficient (Wildman–Crippen LogP) is 3.24. The molecule has 0 aliphatic heterocycles. The molecule has 0 saturated heterocycles. The van der Waals surface area contributed by atoms with E-state index in [1.54, 1.807) is 11.3 Å². The second-order valence-corrected chi connectivity index (χ2v) is 4.40. The van der Waals surface area contributed by atoms with Crippen molar-refractivity contribution >= 4 is 28.7 Å². The molecule has 0 radical (unpaired) electrons. The number of hydrogen-bond donors (Lipinski definition) is 0. The fraction of sp³-hybridized carbons (Fsp3) is 0.444. The molecule has 0 aromatic carbocycles. The molecular formula is C9H9ClOS.